The van der Waals surface area contributed by atoms with Crippen molar-refractivity contribution in [2.45, 2.75) is 20.8 Å². The van der Waals surface area contributed by atoms with E-state index in [-0.39, 0.29) is 0 Å². The lowest BCUT2D eigenvalue weighted by molar-refractivity contribution is 0.393. The van der Waals surface area contributed by atoms with Crippen molar-refractivity contribution in [1.82, 2.24) is 4.90 Å². The molecule has 4 nitrogen and oxygen atoms in total. The van der Waals surface area contributed by atoms with Crippen LogP contribution in [0.15, 0.2) is 29.3 Å². The van der Waals surface area contributed by atoms with E-state index >= 15 is 0 Å². The highest BCUT2D eigenvalue weighted by Crippen LogP contribution is 2.11. The van der Waals surface area contributed by atoms with Crippen LogP contribution in [0.2, 0.25) is 0 Å². The van der Waals surface area contributed by atoms with Crippen molar-refractivity contribution in [1.29, 1.82) is 5.41 Å². The van der Waals surface area contributed by atoms with Crippen molar-refractivity contribution in [2.75, 3.05) is 6.54 Å². The van der Waals surface area contributed by atoms with E-state index in [1.807, 2.05) is 11.8 Å². The fraction of sp³-hybridized carbons (Fsp3) is 0.455. The smallest absolute Gasteiger partial charge is 0.157 e. The van der Waals surface area contributed by atoms with Crippen LogP contribution < -0.4 is 5.73 Å². The van der Waals surface area contributed by atoms with Crippen LogP contribution in [0.25, 0.3) is 0 Å². The monoisotopic (exact) mass is 208 g/mol. The molecule has 4 heteroatoms. The third-order valence-electron chi connectivity index (χ3n) is 1.72. The van der Waals surface area contributed by atoms with Gasteiger partial charge in [-0.05, 0) is 19.0 Å². The molecule has 0 atom stereocenters. The molecule has 0 fully saturated rings. The zero-order chi connectivity index (χ0) is 11.8. The predicted molar refractivity (Wildman–Crippen MR) is 65.9 cm³/mol. The number of rotatable bonds is 6. The van der Waals surface area contributed by atoms with Crippen molar-refractivity contribution < 1.29 is 0 Å². The summed E-state index contributed by atoms with van der Waals surface area (Å²) in [7, 11) is 0. The summed E-state index contributed by atoms with van der Waals surface area (Å²) in [5.41, 5.74) is 6.03. The fourth-order valence-corrected chi connectivity index (χ4v) is 1.14. The molecule has 0 aromatic carbocycles. The summed E-state index contributed by atoms with van der Waals surface area (Å²) < 4.78 is 0. The zero-order valence-electron chi connectivity index (χ0n) is 9.70. The van der Waals surface area contributed by atoms with E-state index in [1.165, 1.54) is 0 Å². The largest absolute Gasteiger partial charge is 0.394 e. The molecule has 0 aromatic heterocycles. The molecule has 0 spiro atoms. The van der Waals surface area contributed by atoms with Gasteiger partial charge in [-0.2, -0.15) is 0 Å². The van der Waals surface area contributed by atoms with Gasteiger partial charge in [0, 0.05) is 19.0 Å². The van der Waals surface area contributed by atoms with Gasteiger partial charge in [0.15, 0.2) is 5.82 Å². The standard InChI is InChI=1S/C11H20N4/c1-5-14-11(10(13)7-12)15(6-2)8-9(3)4/h5-7,9,12H,2,8,13H2,1,3-4H3/b11-10-,12-7?,14-5?. The molecule has 0 heterocycles. The summed E-state index contributed by atoms with van der Waals surface area (Å²) in [4.78, 5) is 6.00. The molecule has 0 unspecified atom stereocenters. The molecule has 0 amide bonds. The predicted octanol–water partition coefficient (Wildman–Crippen LogP) is 1.96. The number of nitrogens with one attached hydrogen (secondary N) is 1. The first-order valence-corrected chi connectivity index (χ1v) is 4.94. The Morgan fingerprint density at radius 1 is 1.60 bits per heavy atom. The van der Waals surface area contributed by atoms with E-state index < -0.39 is 0 Å². The molecule has 0 aliphatic rings. The van der Waals surface area contributed by atoms with Crippen LogP contribution in [0.4, 0.5) is 0 Å². The highest BCUT2D eigenvalue weighted by Gasteiger charge is 2.09. The first kappa shape index (κ1) is 13.4. The van der Waals surface area contributed by atoms with E-state index in [0.29, 0.717) is 17.4 Å². The van der Waals surface area contributed by atoms with Crippen LogP contribution in [0, 0.1) is 11.3 Å². The van der Waals surface area contributed by atoms with E-state index in [2.05, 4.69) is 25.4 Å². The molecule has 84 valence electrons. The number of hydrogen-bond acceptors (Lipinski definition) is 4. The Labute approximate surface area is 91.7 Å². The number of hydrogen-bond donors (Lipinski definition) is 2. The highest BCUT2D eigenvalue weighted by atomic mass is 15.2. The van der Waals surface area contributed by atoms with Gasteiger partial charge in [0.1, 0.15) is 0 Å². The van der Waals surface area contributed by atoms with Gasteiger partial charge in [-0.3, -0.25) is 0 Å². The van der Waals surface area contributed by atoms with E-state index in [9.17, 15) is 0 Å². The summed E-state index contributed by atoms with van der Waals surface area (Å²) in [6, 6.07) is 0. The molecular formula is C11H20N4. The third-order valence-corrected chi connectivity index (χ3v) is 1.72. The second-order valence-corrected chi connectivity index (χ2v) is 3.54. The first-order valence-electron chi connectivity index (χ1n) is 4.94. The SMILES string of the molecule is C=CN(CC(C)C)/C(N=CC)=C(\N)C=N. The Kier molecular flexibility index (Phi) is 6.09. The van der Waals surface area contributed by atoms with Gasteiger partial charge >= 0.3 is 0 Å². The lowest BCUT2D eigenvalue weighted by atomic mass is 10.2. The molecular weight excluding hydrogens is 188 g/mol. The normalized spacial score (nSPS) is 12.8. The lowest BCUT2D eigenvalue weighted by Gasteiger charge is -2.23. The van der Waals surface area contributed by atoms with Crippen molar-refractivity contribution in [3.63, 3.8) is 0 Å². The fourth-order valence-electron chi connectivity index (χ4n) is 1.14. The minimum absolute atomic E-state index is 0.341. The maximum Gasteiger partial charge on any atom is 0.157 e. The van der Waals surface area contributed by atoms with Crippen LogP contribution in [0.1, 0.15) is 20.8 Å². The van der Waals surface area contributed by atoms with Crippen LogP contribution in [0.3, 0.4) is 0 Å². The summed E-state index contributed by atoms with van der Waals surface area (Å²) in [6.45, 7) is 10.5. The second-order valence-electron chi connectivity index (χ2n) is 3.54. The first-order chi connectivity index (χ1) is 7.06. The van der Waals surface area contributed by atoms with Gasteiger partial charge < -0.3 is 16.0 Å². The quantitative estimate of drug-likeness (QED) is 0.655. The molecule has 0 aromatic rings. The Balaban J connectivity index is 5.03. The summed E-state index contributed by atoms with van der Waals surface area (Å²) in [5.74, 6) is 1.06. The Bertz CT molecular complexity index is 276. The molecule has 0 saturated heterocycles. The van der Waals surface area contributed by atoms with Crippen molar-refractivity contribution >= 4 is 12.4 Å². The van der Waals surface area contributed by atoms with Crippen LogP contribution in [0.5, 0.6) is 0 Å². The topological polar surface area (TPSA) is 65.5 Å². The zero-order valence-corrected chi connectivity index (χ0v) is 9.70. The summed E-state index contributed by atoms with van der Waals surface area (Å²) in [6.07, 6.45) is 4.43. The maximum atomic E-state index is 7.13. The van der Waals surface area contributed by atoms with Crippen molar-refractivity contribution in [3.05, 3.63) is 24.3 Å². The maximum absolute atomic E-state index is 7.13. The van der Waals surface area contributed by atoms with Crippen LogP contribution >= 0.6 is 0 Å². The van der Waals surface area contributed by atoms with Gasteiger partial charge in [0.2, 0.25) is 0 Å². The Hall–Kier alpha value is -1.58. The average molecular weight is 208 g/mol. The van der Waals surface area contributed by atoms with Crippen LogP contribution in [-0.2, 0) is 0 Å². The molecule has 0 saturated carbocycles. The molecule has 0 rings (SSSR count). The van der Waals surface area contributed by atoms with Gasteiger partial charge in [-0.15, -0.1) is 0 Å². The molecule has 15 heavy (non-hydrogen) atoms. The van der Waals surface area contributed by atoms with Gasteiger partial charge in [0.05, 0.1) is 5.70 Å². The average Bonchev–Trinajstić information content (AvgIpc) is 2.21. The molecule has 0 aliphatic heterocycles. The molecule has 3 N–H and O–H groups in total. The van der Waals surface area contributed by atoms with E-state index in [4.69, 9.17) is 11.1 Å². The molecule has 0 bridgehead atoms. The summed E-state index contributed by atoms with van der Waals surface area (Å²) in [5, 5.41) is 7.13. The highest BCUT2D eigenvalue weighted by molar-refractivity contribution is 5.76. The third kappa shape index (κ3) is 4.44. The molecule has 0 aliphatic carbocycles. The van der Waals surface area contributed by atoms with Crippen molar-refractivity contribution in [3.8, 4) is 0 Å². The van der Waals surface area contributed by atoms with Gasteiger partial charge in [-0.25, -0.2) is 4.99 Å². The minimum Gasteiger partial charge on any atom is -0.394 e. The molecule has 0 radical (unpaired) electrons. The number of aliphatic imine (C=N–C) groups is 1. The number of nitrogens with zero attached hydrogens (tertiary/aromatic N) is 2. The minimum atomic E-state index is 0.341. The van der Waals surface area contributed by atoms with Crippen molar-refractivity contribution in [2.24, 2.45) is 16.6 Å². The number of nitrogens with two attached hydrogens (primary N) is 1. The van der Waals surface area contributed by atoms with E-state index in [0.717, 1.165) is 12.8 Å². The number of allylic oxidation sites excluding steroid dienone is 1. The van der Waals surface area contributed by atoms with Gasteiger partial charge in [0.25, 0.3) is 0 Å². The van der Waals surface area contributed by atoms with Crippen LogP contribution in [-0.4, -0.2) is 23.9 Å². The lowest BCUT2D eigenvalue weighted by Crippen LogP contribution is -2.24. The second kappa shape index (κ2) is 6.81. The van der Waals surface area contributed by atoms with Gasteiger partial charge in [-0.1, -0.05) is 20.4 Å². The Morgan fingerprint density at radius 3 is 2.53 bits per heavy atom. The van der Waals surface area contributed by atoms with E-state index in [1.54, 1.807) is 12.4 Å². The summed E-state index contributed by atoms with van der Waals surface area (Å²) >= 11 is 0. The Morgan fingerprint density at radius 2 is 2.20 bits per heavy atom.